The average Bonchev–Trinajstić information content (AvgIpc) is 3.39. The molecule has 2 aliphatic rings. The van der Waals surface area contributed by atoms with Crippen molar-refractivity contribution in [1.29, 1.82) is 0 Å². The Morgan fingerprint density at radius 2 is 1.96 bits per heavy atom. The summed E-state index contributed by atoms with van der Waals surface area (Å²) in [5.74, 6) is -1.55. The second kappa shape index (κ2) is 15.3. The minimum atomic E-state index is -1.11. The third kappa shape index (κ3) is 7.98. The molecular formula is C34H47FN6O6. The zero-order chi connectivity index (χ0) is 34.6. The first-order chi connectivity index (χ1) is 22.3. The van der Waals surface area contributed by atoms with Crippen molar-refractivity contribution in [1.82, 2.24) is 10.4 Å². The molecule has 1 aliphatic carbocycles. The van der Waals surface area contributed by atoms with E-state index in [1.54, 1.807) is 38.1 Å². The lowest BCUT2D eigenvalue weighted by molar-refractivity contribution is -0.174. The molecular weight excluding hydrogens is 607 g/mol. The smallest absolute Gasteiger partial charge is 0.335 e. The molecule has 0 aromatic heterocycles. The van der Waals surface area contributed by atoms with Crippen LogP contribution in [0.4, 0.5) is 10.1 Å². The Hall–Kier alpha value is -3.90. The van der Waals surface area contributed by atoms with E-state index in [9.17, 15) is 19.8 Å². The van der Waals surface area contributed by atoms with Crippen molar-refractivity contribution >= 4 is 17.6 Å². The number of hydroxylamine groups is 2. The van der Waals surface area contributed by atoms with Crippen molar-refractivity contribution in [2.45, 2.75) is 77.8 Å². The van der Waals surface area contributed by atoms with E-state index in [1.165, 1.54) is 30.4 Å². The van der Waals surface area contributed by atoms with Gasteiger partial charge in [0.05, 0.1) is 38.0 Å². The number of carboxylic acid groups (broad SMARTS) is 1. The normalized spacial score (nSPS) is 25.2. The van der Waals surface area contributed by atoms with Gasteiger partial charge in [-0.2, -0.15) is 5.06 Å². The van der Waals surface area contributed by atoms with Crippen molar-refractivity contribution in [3.63, 3.8) is 0 Å². The Kier molecular flexibility index (Phi) is 11.7. The Morgan fingerprint density at radius 3 is 2.55 bits per heavy atom. The van der Waals surface area contributed by atoms with Crippen molar-refractivity contribution in [3.05, 3.63) is 57.7 Å². The predicted octanol–water partition coefficient (Wildman–Crippen LogP) is 5.63. The highest BCUT2D eigenvalue weighted by Gasteiger charge is 2.50. The number of hydrogen-bond donors (Lipinski definition) is 3. The third-order valence-electron chi connectivity index (χ3n) is 9.75. The Labute approximate surface area is 275 Å². The van der Waals surface area contributed by atoms with E-state index in [1.807, 2.05) is 0 Å². The minimum absolute atomic E-state index is 0.0519. The molecule has 0 radical (unpaired) electrons. The van der Waals surface area contributed by atoms with E-state index >= 15 is 4.39 Å². The van der Waals surface area contributed by atoms with Gasteiger partial charge in [0.15, 0.2) is 0 Å². The standard InChI is InChI=1S/C34H47FN6O6/c1-18(2)21-9-8-19(3)28(15-21)38-33(43)31-30(20(4)42)29(16-37-39-36)47-41(31)17-26-27(35)11-10-25(32(26)46-7)22-12-23(34(44)45)14-24(13-22)40(5)6/h10-14,18-21,28-31,42H,8-9,15-17H2,1-7H3,(H,38,43)(H,44,45)/t19-,20-,21-,28-,29-,30+,31-/m0/s1. The second-order valence-electron chi connectivity index (χ2n) is 13.4. The van der Waals surface area contributed by atoms with Crippen LogP contribution in [0.15, 0.2) is 35.4 Å². The van der Waals surface area contributed by atoms with Crippen LogP contribution in [-0.4, -0.2) is 79.2 Å². The number of azide groups is 1. The minimum Gasteiger partial charge on any atom is -0.496 e. The summed E-state index contributed by atoms with van der Waals surface area (Å²) in [6.45, 7) is 7.66. The molecule has 2 aromatic rings. The number of benzene rings is 2. The van der Waals surface area contributed by atoms with Gasteiger partial charge in [-0.1, -0.05) is 25.9 Å². The molecule has 12 nitrogen and oxygen atoms in total. The lowest BCUT2D eigenvalue weighted by atomic mass is 9.74. The molecule has 4 rings (SSSR count). The molecule has 256 valence electrons. The Morgan fingerprint density at radius 1 is 1.23 bits per heavy atom. The van der Waals surface area contributed by atoms with Crippen LogP contribution in [0.25, 0.3) is 21.6 Å². The van der Waals surface area contributed by atoms with Crippen LogP contribution in [0.2, 0.25) is 0 Å². The number of rotatable bonds is 12. The number of methoxy groups -OCH3 is 1. The number of carboxylic acids is 1. The summed E-state index contributed by atoms with van der Waals surface area (Å²) >= 11 is 0. The summed E-state index contributed by atoms with van der Waals surface area (Å²) in [5, 5.41) is 28.9. The van der Waals surface area contributed by atoms with Gasteiger partial charge in [-0.3, -0.25) is 9.63 Å². The highest BCUT2D eigenvalue weighted by atomic mass is 19.1. The van der Waals surface area contributed by atoms with Crippen LogP contribution in [0.3, 0.4) is 0 Å². The zero-order valence-corrected chi connectivity index (χ0v) is 28.2. The first kappa shape index (κ1) is 35.9. The summed E-state index contributed by atoms with van der Waals surface area (Å²) in [6, 6.07) is 6.48. The number of anilines is 1. The van der Waals surface area contributed by atoms with E-state index in [0.29, 0.717) is 28.7 Å². The molecule has 47 heavy (non-hydrogen) atoms. The largest absolute Gasteiger partial charge is 0.496 e. The monoisotopic (exact) mass is 654 g/mol. The highest BCUT2D eigenvalue weighted by Crippen LogP contribution is 2.40. The molecule has 13 heteroatoms. The first-order valence-electron chi connectivity index (χ1n) is 16.1. The lowest BCUT2D eigenvalue weighted by Gasteiger charge is -2.38. The molecule has 2 aromatic carbocycles. The average molecular weight is 655 g/mol. The molecule has 1 saturated heterocycles. The van der Waals surface area contributed by atoms with Crippen LogP contribution in [0.1, 0.15) is 62.9 Å². The fraction of sp³-hybridized carbons (Fsp3) is 0.588. The number of halogens is 1. The Bertz CT molecular complexity index is 1500. The van der Waals surface area contributed by atoms with E-state index in [2.05, 4.69) is 36.1 Å². The summed E-state index contributed by atoms with van der Waals surface area (Å²) in [5.41, 5.74) is 10.7. The molecule has 1 amide bonds. The van der Waals surface area contributed by atoms with E-state index in [4.69, 9.17) is 15.1 Å². The van der Waals surface area contributed by atoms with E-state index < -0.39 is 36.0 Å². The molecule has 0 spiro atoms. The van der Waals surface area contributed by atoms with E-state index in [0.717, 1.165) is 19.3 Å². The highest BCUT2D eigenvalue weighted by molar-refractivity contribution is 5.92. The number of aromatic carboxylic acids is 1. The van der Waals surface area contributed by atoms with Gasteiger partial charge >= 0.3 is 5.97 Å². The first-order valence-corrected chi connectivity index (χ1v) is 16.1. The number of ether oxygens (including phenoxy) is 1. The Balaban J connectivity index is 1.76. The van der Waals surface area contributed by atoms with Crippen molar-refractivity contribution in [2.75, 3.05) is 32.6 Å². The molecule has 7 atom stereocenters. The maximum Gasteiger partial charge on any atom is 0.335 e. The van der Waals surface area contributed by atoms with Crippen LogP contribution in [-0.2, 0) is 16.2 Å². The molecule has 0 bridgehead atoms. The number of carbonyl (C=O) groups excluding carboxylic acids is 1. The van der Waals surface area contributed by atoms with Crippen LogP contribution in [0, 0.1) is 29.5 Å². The topological polar surface area (TPSA) is 160 Å². The van der Waals surface area contributed by atoms with Gasteiger partial charge in [0.2, 0.25) is 5.91 Å². The SMILES string of the molecule is COc1c(-c2cc(C(=O)O)cc(N(C)C)c2)ccc(F)c1CN1O[C@@H](CN=[N+]=[N-])[C@@H]([C@H](C)O)[C@H]1C(=O)N[C@H]1C[C@@H](C(C)C)CC[C@@H]1C. The number of aliphatic hydroxyl groups excluding tert-OH is 1. The molecule has 3 N–H and O–H groups in total. The molecule has 2 fully saturated rings. The molecule has 1 heterocycles. The number of carbonyl (C=O) groups is 2. The number of nitrogens with zero attached hydrogens (tertiary/aromatic N) is 5. The van der Waals surface area contributed by atoms with Crippen molar-refractivity contribution in [3.8, 4) is 16.9 Å². The maximum atomic E-state index is 15.7. The van der Waals surface area contributed by atoms with Gasteiger partial charge in [0.1, 0.15) is 17.6 Å². The quantitative estimate of drug-likeness (QED) is 0.151. The number of amides is 1. The second-order valence-corrected chi connectivity index (χ2v) is 13.4. The number of aliphatic hydroxyl groups is 1. The van der Waals surface area contributed by atoms with Gasteiger partial charge < -0.3 is 25.2 Å². The van der Waals surface area contributed by atoms with E-state index in [-0.39, 0.29) is 47.8 Å². The van der Waals surface area contributed by atoms with Crippen LogP contribution < -0.4 is 15.0 Å². The lowest BCUT2D eigenvalue weighted by Crippen LogP contribution is -2.53. The third-order valence-corrected chi connectivity index (χ3v) is 9.75. The van der Waals surface area contributed by atoms with Crippen LogP contribution >= 0.6 is 0 Å². The van der Waals surface area contributed by atoms with Gasteiger partial charge in [0, 0.05) is 47.8 Å². The van der Waals surface area contributed by atoms with Gasteiger partial charge in [-0.25, -0.2) is 9.18 Å². The summed E-state index contributed by atoms with van der Waals surface area (Å²) in [6.07, 6.45) is 1.03. The maximum absolute atomic E-state index is 15.7. The number of nitrogens with one attached hydrogen (secondary N) is 1. The van der Waals surface area contributed by atoms with Crippen LogP contribution in [0.5, 0.6) is 5.75 Å². The zero-order valence-electron chi connectivity index (χ0n) is 28.2. The molecule has 1 aliphatic heterocycles. The predicted molar refractivity (Wildman–Crippen MR) is 176 cm³/mol. The fourth-order valence-corrected chi connectivity index (χ4v) is 6.94. The van der Waals surface area contributed by atoms with Crippen molar-refractivity contribution in [2.24, 2.45) is 28.8 Å². The van der Waals surface area contributed by atoms with Crippen molar-refractivity contribution < 1.29 is 33.8 Å². The van der Waals surface area contributed by atoms with Gasteiger partial charge in [0.25, 0.3) is 0 Å². The summed E-state index contributed by atoms with van der Waals surface area (Å²) in [7, 11) is 4.97. The van der Waals surface area contributed by atoms with Gasteiger partial charge in [-0.05, 0) is 85.4 Å². The number of hydrogen-bond acceptors (Lipinski definition) is 8. The summed E-state index contributed by atoms with van der Waals surface area (Å²) < 4.78 is 21.5. The van der Waals surface area contributed by atoms with Gasteiger partial charge in [-0.15, -0.1) is 0 Å². The molecule has 0 unspecified atom stereocenters. The fourth-order valence-electron chi connectivity index (χ4n) is 6.94. The molecule has 1 saturated carbocycles. The summed E-state index contributed by atoms with van der Waals surface area (Å²) in [4.78, 5) is 36.9.